The van der Waals surface area contributed by atoms with Crippen molar-refractivity contribution in [1.29, 1.82) is 0 Å². The molecule has 3 rings (SSSR count). The van der Waals surface area contributed by atoms with E-state index in [-0.39, 0.29) is 0 Å². The number of aromatic nitrogens is 2. The van der Waals surface area contributed by atoms with Gasteiger partial charge in [0.05, 0.1) is 16.9 Å². The third kappa shape index (κ3) is 2.30. The molecule has 2 aromatic heterocycles. The Kier molecular flexibility index (Phi) is 2.93. The van der Waals surface area contributed by atoms with Crippen molar-refractivity contribution in [3.63, 3.8) is 0 Å². The Morgan fingerprint density at radius 3 is 2.53 bits per heavy atom. The molecule has 0 saturated heterocycles. The lowest BCUT2D eigenvalue weighted by atomic mass is 10.1. The molecule has 0 aliphatic rings. The minimum atomic E-state index is 0.318. The van der Waals surface area contributed by atoms with Crippen LogP contribution in [0.5, 0.6) is 0 Å². The lowest BCUT2D eigenvalue weighted by molar-refractivity contribution is 0.110. The highest BCUT2D eigenvalue weighted by atomic mass is 35.5. The van der Waals surface area contributed by atoms with E-state index in [2.05, 4.69) is 5.10 Å². The summed E-state index contributed by atoms with van der Waals surface area (Å²) in [5.74, 6) is 0.977. The van der Waals surface area contributed by atoms with E-state index in [0.717, 1.165) is 11.3 Å². The van der Waals surface area contributed by atoms with Crippen LogP contribution in [0.15, 0.2) is 53.2 Å². The predicted octanol–water partition coefficient (Wildman–Crippen LogP) is 3.60. The molecule has 0 bridgehead atoms. The molecular weight excluding hydrogens is 264 g/mol. The van der Waals surface area contributed by atoms with E-state index in [1.165, 1.54) is 0 Å². The molecule has 0 aliphatic carbocycles. The Bertz CT molecular complexity index is 713. The molecular formula is C14H9ClN2O2. The molecule has 0 fully saturated rings. The fourth-order valence-electron chi connectivity index (χ4n) is 1.79. The van der Waals surface area contributed by atoms with Gasteiger partial charge in [0.25, 0.3) is 0 Å². The molecule has 3 aromatic rings. The maximum Gasteiger partial charge on any atom is 0.185 e. The van der Waals surface area contributed by atoms with Crippen LogP contribution >= 0.6 is 11.6 Å². The Morgan fingerprint density at radius 2 is 1.95 bits per heavy atom. The second-order valence-corrected chi connectivity index (χ2v) is 4.41. The second kappa shape index (κ2) is 4.74. The number of furan rings is 1. The summed E-state index contributed by atoms with van der Waals surface area (Å²) in [7, 11) is 0. The molecule has 0 spiro atoms. The quantitative estimate of drug-likeness (QED) is 0.685. The van der Waals surface area contributed by atoms with Crippen LogP contribution in [0.1, 0.15) is 10.6 Å². The Morgan fingerprint density at radius 1 is 1.16 bits per heavy atom. The van der Waals surface area contributed by atoms with Crippen LogP contribution in [0.2, 0.25) is 5.02 Å². The number of hydrogen-bond acceptors (Lipinski definition) is 3. The summed E-state index contributed by atoms with van der Waals surface area (Å²) < 4.78 is 7.04. The molecule has 19 heavy (non-hydrogen) atoms. The molecule has 1 aromatic carbocycles. The van der Waals surface area contributed by atoms with Gasteiger partial charge in [-0.15, -0.1) is 0 Å². The highest BCUT2D eigenvalue weighted by Crippen LogP contribution is 2.23. The van der Waals surface area contributed by atoms with Crippen LogP contribution in [-0.2, 0) is 0 Å². The molecule has 0 radical (unpaired) electrons. The molecule has 94 valence electrons. The summed E-state index contributed by atoms with van der Waals surface area (Å²) in [4.78, 5) is 10.6. The zero-order valence-electron chi connectivity index (χ0n) is 9.79. The SMILES string of the molecule is O=Cc1ccc(-c2ccc(-n3cc(Cl)cn3)cc2)o1. The van der Waals surface area contributed by atoms with Crippen LogP contribution < -0.4 is 0 Å². The van der Waals surface area contributed by atoms with Crippen molar-refractivity contribution in [3.8, 4) is 17.0 Å². The fourth-order valence-corrected chi connectivity index (χ4v) is 1.93. The van der Waals surface area contributed by atoms with Crippen LogP contribution in [-0.4, -0.2) is 16.1 Å². The minimum Gasteiger partial charge on any atom is -0.453 e. The van der Waals surface area contributed by atoms with Gasteiger partial charge in [-0.2, -0.15) is 5.10 Å². The van der Waals surface area contributed by atoms with E-state index in [0.29, 0.717) is 22.8 Å². The smallest absolute Gasteiger partial charge is 0.185 e. The van der Waals surface area contributed by atoms with Gasteiger partial charge in [-0.05, 0) is 36.4 Å². The Hall–Kier alpha value is -2.33. The number of aldehydes is 1. The summed E-state index contributed by atoms with van der Waals surface area (Å²) in [6.07, 6.45) is 4.00. The zero-order chi connectivity index (χ0) is 13.2. The third-order valence-corrected chi connectivity index (χ3v) is 2.91. The van der Waals surface area contributed by atoms with Gasteiger partial charge in [0.1, 0.15) is 5.76 Å². The van der Waals surface area contributed by atoms with E-state index in [4.69, 9.17) is 16.0 Å². The van der Waals surface area contributed by atoms with Crippen molar-refractivity contribution >= 4 is 17.9 Å². The molecule has 0 N–H and O–H groups in total. The number of halogens is 1. The summed E-state index contributed by atoms with van der Waals surface area (Å²) in [5, 5.41) is 4.71. The highest BCUT2D eigenvalue weighted by Gasteiger charge is 2.05. The van der Waals surface area contributed by atoms with E-state index < -0.39 is 0 Å². The number of nitrogens with zero attached hydrogens (tertiary/aromatic N) is 2. The predicted molar refractivity (Wildman–Crippen MR) is 71.7 cm³/mol. The first-order chi connectivity index (χ1) is 9.26. The molecule has 0 aliphatic heterocycles. The van der Waals surface area contributed by atoms with Gasteiger partial charge in [0.15, 0.2) is 12.0 Å². The second-order valence-electron chi connectivity index (χ2n) is 3.97. The van der Waals surface area contributed by atoms with Gasteiger partial charge in [0.2, 0.25) is 0 Å². The summed E-state index contributed by atoms with van der Waals surface area (Å²) in [5.41, 5.74) is 1.80. The van der Waals surface area contributed by atoms with E-state index >= 15 is 0 Å². The van der Waals surface area contributed by atoms with Crippen LogP contribution in [0.25, 0.3) is 17.0 Å². The molecule has 4 nitrogen and oxygen atoms in total. The van der Waals surface area contributed by atoms with Crippen molar-refractivity contribution in [2.45, 2.75) is 0 Å². The topological polar surface area (TPSA) is 48.0 Å². The summed E-state index contributed by atoms with van der Waals surface area (Å²) in [6, 6.07) is 11.0. The number of carbonyl (C=O) groups excluding carboxylic acids is 1. The van der Waals surface area contributed by atoms with Gasteiger partial charge in [-0.25, -0.2) is 4.68 Å². The zero-order valence-corrected chi connectivity index (χ0v) is 10.5. The third-order valence-electron chi connectivity index (χ3n) is 2.71. The lowest BCUT2D eigenvalue weighted by Gasteiger charge is -2.02. The monoisotopic (exact) mass is 272 g/mol. The normalized spacial score (nSPS) is 10.6. The van der Waals surface area contributed by atoms with E-state index in [1.54, 1.807) is 29.2 Å². The standard InChI is InChI=1S/C14H9ClN2O2/c15-11-7-16-17(8-11)12-3-1-10(2-4-12)14-6-5-13(9-18)19-14/h1-9H. The highest BCUT2D eigenvalue weighted by molar-refractivity contribution is 6.30. The maximum atomic E-state index is 10.6. The molecule has 0 saturated carbocycles. The Balaban J connectivity index is 1.92. The van der Waals surface area contributed by atoms with Crippen molar-refractivity contribution in [2.75, 3.05) is 0 Å². The number of rotatable bonds is 3. The number of benzene rings is 1. The number of hydrogen-bond donors (Lipinski definition) is 0. The van der Waals surface area contributed by atoms with Crippen molar-refractivity contribution in [2.24, 2.45) is 0 Å². The molecule has 2 heterocycles. The van der Waals surface area contributed by atoms with Gasteiger partial charge in [0, 0.05) is 11.8 Å². The van der Waals surface area contributed by atoms with Crippen LogP contribution in [0.3, 0.4) is 0 Å². The average Bonchev–Trinajstić information content (AvgIpc) is 3.07. The van der Waals surface area contributed by atoms with Gasteiger partial charge >= 0.3 is 0 Å². The van der Waals surface area contributed by atoms with Crippen LogP contribution in [0.4, 0.5) is 0 Å². The molecule has 0 atom stereocenters. The Labute approximate surface area is 114 Å². The van der Waals surface area contributed by atoms with Crippen molar-refractivity contribution in [1.82, 2.24) is 9.78 Å². The first-order valence-corrected chi connectivity index (χ1v) is 6.00. The lowest BCUT2D eigenvalue weighted by Crippen LogP contribution is -1.93. The molecule has 0 amide bonds. The van der Waals surface area contributed by atoms with Crippen molar-refractivity contribution < 1.29 is 9.21 Å². The van der Waals surface area contributed by atoms with Gasteiger partial charge < -0.3 is 4.42 Å². The first kappa shape index (κ1) is 11.7. The summed E-state index contributed by atoms with van der Waals surface area (Å²) >= 11 is 5.82. The average molecular weight is 273 g/mol. The number of carbonyl (C=O) groups is 1. The first-order valence-electron chi connectivity index (χ1n) is 5.62. The molecule has 5 heteroatoms. The van der Waals surface area contributed by atoms with Crippen LogP contribution in [0, 0.1) is 0 Å². The summed E-state index contributed by atoms with van der Waals surface area (Å²) in [6.45, 7) is 0. The largest absolute Gasteiger partial charge is 0.453 e. The minimum absolute atomic E-state index is 0.318. The van der Waals surface area contributed by atoms with Gasteiger partial charge in [-0.1, -0.05) is 11.6 Å². The maximum absolute atomic E-state index is 10.6. The van der Waals surface area contributed by atoms with Gasteiger partial charge in [-0.3, -0.25) is 4.79 Å². The van der Waals surface area contributed by atoms with Crippen molar-refractivity contribution in [3.05, 3.63) is 59.6 Å². The molecule has 0 unspecified atom stereocenters. The van der Waals surface area contributed by atoms with E-state index in [9.17, 15) is 4.79 Å². The van der Waals surface area contributed by atoms with E-state index in [1.807, 2.05) is 24.3 Å². The fraction of sp³-hybridized carbons (Fsp3) is 0.